The molecule has 0 bridgehead atoms. The number of aromatic nitrogens is 2. The lowest BCUT2D eigenvalue weighted by atomic mass is 10.2. The Morgan fingerprint density at radius 2 is 1.95 bits per heavy atom. The average molecular weight is 332 g/mol. The molecule has 1 heterocycles. The van der Waals surface area contributed by atoms with E-state index in [4.69, 9.17) is 0 Å². The first kappa shape index (κ1) is 16.5. The van der Waals surface area contributed by atoms with Crippen LogP contribution in [0.2, 0.25) is 0 Å². The van der Waals surface area contributed by atoms with Gasteiger partial charge >= 0.3 is 6.36 Å². The summed E-state index contributed by atoms with van der Waals surface area (Å²) >= 11 is 0. The number of hydrogen-bond acceptors (Lipinski definition) is 3. The maximum atomic E-state index is 12.3. The van der Waals surface area contributed by atoms with Crippen molar-refractivity contribution in [1.82, 2.24) is 9.55 Å². The van der Waals surface area contributed by atoms with E-state index in [1.165, 1.54) is 24.3 Å². The van der Waals surface area contributed by atoms with Crippen molar-refractivity contribution in [2.75, 3.05) is 0 Å². The zero-order valence-corrected chi connectivity index (χ0v) is 12.8. The lowest BCUT2D eigenvalue weighted by molar-refractivity contribution is -0.274. The molecule has 0 N–H and O–H groups in total. The summed E-state index contributed by atoms with van der Waals surface area (Å²) in [7, 11) is 0.586. The first-order chi connectivity index (χ1) is 10.3. The number of alkyl halides is 3. The Kier molecular flexibility index (Phi) is 4.90. The normalized spacial score (nSPS) is 14.6. The van der Waals surface area contributed by atoms with E-state index in [0.717, 1.165) is 0 Å². The molecule has 0 saturated carbocycles. The Balaban J connectivity index is 2.04. The molecule has 1 aromatic heterocycles. The molecule has 0 aliphatic rings. The highest BCUT2D eigenvalue weighted by Crippen LogP contribution is 2.27. The van der Waals surface area contributed by atoms with Crippen molar-refractivity contribution in [3.05, 3.63) is 48.0 Å². The van der Waals surface area contributed by atoms with Crippen LogP contribution in [0.3, 0.4) is 0 Å². The van der Waals surface area contributed by atoms with Crippen molar-refractivity contribution >= 4 is 10.8 Å². The first-order valence-electron chi connectivity index (χ1n) is 6.45. The smallest absolute Gasteiger partial charge is 0.406 e. The number of aryl methyl sites for hydroxylation is 1. The van der Waals surface area contributed by atoms with Gasteiger partial charge in [0.1, 0.15) is 11.6 Å². The van der Waals surface area contributed by atoms with Crippen LogP contribution in [0, 0.1) is 0 Å². The Labute approximate surface area is 128 Å². The van der Waals surface area contributed by atoms with Gasteiger partial charge in [-0.05, 0) is 24.6 Å². The molecule has 0 saturated heterocycles. The monoisotopic (exact) mass is 332 g/mol. The number of imidazole rings is 1. The number of ether oxygens (including phenoxy) is 1. The van der Waals surface area contributed by atoms with Gasteiger partial charge in [-0.15, -0.1) is 13.2 Å². The summed E-state index contributed by atoms with van der Waals surface area (Å²) in [5, 5.41) is -0.323. The van der Waals surface area contributed by atoms with Crippen LogP contribution < -0.4 is 4.74 Å². The van der Waals surface area contributed by atoms with Crippen molar-refractivity contribution in [1.29, 1.82) is 0 Å². The van der Waals surface area contributed by atoms with Crippen molar-refractivity contribution in [3.63, 3.8) is 0 Å². The van der Waals surface area contributed by atoms with Crippen molar-refractivity contribution < 1.29 is 22.1 Å². The number of benzene rings is 1. The van der Waals surface area contributed by atoms with Crippen LogP contribution >= 0.6 is 0 Å². The van der Waals surface area contributed by atoms with Gasteiger partial charge in [0, 0.05) is 30.2 Å². The number of rotatable bonds is 5. The maximum Gasteiger partial charge on any atom is 0.573 e. The lowest BCUT2D eigenvalue weighted by Gasteiger charge is -2.13. The summed E-state index contributed by atoms with van der Waals surface area (Å²) in [5.41, 5.74) is 0.682. The molecule has 8 heteroatoms. The van der Waals surface area contributed by atoms with Crippen LogP contribution in [-0.4, -0.2) is 20.1 Å². The summed E-state index contributed by atoms with van der Waals surface area (Å²) in [6.45, 7) is 1.76. The van der Waals surface area contributed by atoms with E-state index >= 15 is 0 Å². The largest absolute Gasteiger partial charge is 0.573 e. The molecule has 2 aromatic rings. The van der Waals surface area contributed by atoms with Gasteiger partial charge in [0.25, 0.3) is 0 Å². The molecule has 1 aromatic carbocycles. The summed E-state index contributed by atoms with van der Waals surface area (Å²) in [5.74, 6) is 0.686. The minimum atomic E-state index is -4.71. The van der Waals surface area contributed by atoms with Gasteiger partial charge in [0.2, 0.25) is 0 Å². The minimum Gasteiger partial charge on any atom is -0.406 e. The zero-order valence-electron chi connectivity index (χ0n) is 12.0. The molecule has 2 rings (SSSR count). The van der Waals surface area contributed by atoms with Gasteiger partial charge in [-0.3, -0.25) is 4.21 Å². The van der Waals surface area contributed by atoms with E-state index < -0.39 is 17.2 Å². The molecule has 4 nitrogen and oxygen atoms in total. The summed E-state index contributed by atoms with van der Waals surface area (Å²) < 4.78 is 54.2. The van der Waals surface area contributed by atoms with E-state index in [0.29, 0.717) is 11.4 Å². The third-order valence-corrected chi connectivity index (χ3v) is 4.77. The number of nitrogens with zero attached hydrogens (tertiary/aromatic N) is 2. The molecular formula is C14H15F3N2O2S. The van der Waals surface area contributed by atoms with Crippen LogP contribution in [0.25, 0.3) is 0 Å². The molecule has 2 atom stereocenters. The average Bonchev–Trinajstić information content (AvgIpc) is 2.82. The van der Waals surface area contributed by atoms with Crippen LogP contribution in [0.4, 0.5) is 13.2 Å². The fraction of sp³-hybridized carbons (Fsp3) is 0.357. The molecule has 22 heavy (non-hydrogen) atoms. The lowest BCUT2D eigenvalue weighted by Crippen LogP contribution is -2.17. The summed E-state index contributed by atoms with van der Waals surface area (Å²) in [6.07, 6.45) is -1.32. The van der Waals surface area contributed by atoms with Crippen LogP contribution in [0.5, 0.6) is 5.75 Å². The number of hydrogen-bond donors (Lipinski definition) is 0. The van der Waals surface area contributed by atoms with Crippen molar-refractivity contribution in [2.24, 2.45) is 7.05 Å². The zero-order chi connectivity index (χ0) is 16.3. The molecule has 0 radical (unpaired) electrons. The second kappa shape index (κ2) is 6.51. The van der Waals surface area contributed by atoms with E-state index in [1.54, 1.807) is 23.9 Å². The third-order valence-electron chi connectivity index (χ3n) is 3.17. The Morgan fingerprint density at radius 3 is 2.45 bits per heavy atom. The van der Waals surface area contributed by atoms with Gasteiger partial charge in [-0.1, -0.05) is 12.1 Å². The standard InChI is InChI=1S/C14H15F3N2O2S/c1-10(22(20)9-13-18-7-8-19(13)2)11-3-5-12(6-4-11)21-14(15,16)17/h3-8,10H,9H2,1-2H3/t10-,22+/m0/s1. The van der Waals surface area contributed by atoms with Crippen LogP contribution in [0.15, 0.2) is 36.7 Å². The number of halogens is 3. The summed E-state index contributed by atoms with van der Waals surface area (Å²) in [4.78, 5) is 4.11. The molecule has 0 spiro atoms. The Morgan fingerprint density at radius 1 is 1.32 bits per heavy atom. The maximum absolute atomic E-state index is 12.3. The molecule has 0 aliphatic carbocycles. The topological polar surface area (TPSA) is 44.1 Å². The quantitative estimate of drug-likeness (QED) is 0.843. The molecule has 0 aliphatic heterocycles. The highest BCUT2D eigenvalue weighted by Gasteiger charge is 2.31. The highest BCUT2D eigenvalue weighted by molar-refractivity contribution is 7.84. The fourth-order valence-electron chi connectivity index (χ4n) is 1.88. The molecular weight excluding hydrogens is 317 g/mol. The predicted molar refractivity (Wildman–Crippen MR) is 76.6 cm³/mol. The molecule has 0 unspecified atom stereocenters. The van der Waals surface area contributed by atoms with Gasteiger partial charge in [-0.2, -0.15) is 0 Å². The second-order valence-corrected chi connectivity index (χ2v) is 6.50. The minimum absolute atomic E-state index is 0.283. The highest BCUT2D eigenvalue weighted by atomic mass is 32.2. The summed E-state index contributed by atoms with van der Waals surface area (Å²) in [6, 6.07) is 5.42. The Hall–Kier alpha value is -1.83. The Bertz CT molecular complexity index is 653. The van der Waals surface area contributed by atoms with Crippen molar-refractivity contribution in [2.45, 2.75) is 24.3 Å². The molecule has 120 valence electrons. The van der Waals surface area contributed by atoms with E-state index in [9.17, 15) is 17.4 Å². The van der Waals surface area contributed by atoms with Crippen LogP contribution in [0.1, 0.15) is 23.6 Å². The van der Waals surface area contributed by atoms with E-state index in [-0.39, 0.29) is 16.8 Å². The second-order valence-electron chi connectivity index (χ2n) is 4.74. The van der Waals surface area contributed by atoms with Gasteiger partial charge in [-0.25, -0.2) is 4.98 Å². The molecule has 0 amide bonds. The van der Waals surface area contributed by atoms with Gasteiger partial charge in [0.05, 0.1) is 11.0 Å². The van der Waals surface area contributed by atoms with Gasteiger partial charge in [0.15, 0.2) is 0 Å². The predicted octanol–water partition coefficient (Wildman–Crippen LogP) is 3.33. The molecule has 0 fully saturated rings. The third kappa shape index (κ3) is 4.33. The van der Waals surface area contributed by atoms with Crippen molar-refractivity contribution in [3.8, 4) is 5.75 Å². The van der Waals surface area contributed by atoms with E-state index in [1.807, 2.05) is 7.05 Å². The van der Waals surface area contributed by atoms with E-state index in [2.05, 4.69) is 9.72 Å². The first-order valence-corrected chi connectivity index (χ1v) is 7.83. The fourth-order valence-corrected chi connectivity index (χ4v) is 3.12. The van der Waals surface area contributed by atoms with Gasteiger partial charge < -0.3 is 9.30 Å². The SMILES string of the molecule is C[C@@H](c1ccc(OC(F)(F)F)cc1)[S@](=O)Cc1nccn1C. The van der Waals surface area contributed by atoms with Crippen LogP contribution in [-0.2, 0) is 23.6 Å².